The fourth-order valence-electron chi connectivity index (χ4n) is 2.65. The van der Waals surface area contributed by atoms with Crippen LogP contribution < -0.4 is 10.5 Å². The Hall–Kier alpha value is -1.55. The van der Waals surface area contributed by atoms with E-state index in [1.807, 2.05) is 24.3 Å². The first-order valence-corrected chi connectivity index (χ1v) is 6.74. The second-order valence-electron chi connectivity index (χ2n) is 4.99. The summed E-state index contributed by atoms with van der Waals surface area (Å²) in [7, 11) is 1.62. The summed E-state index contributed by atoms with van der Waals surface area (Å²) in [6.45, 7) is 0.864. The van der Waals surface area contributed by atoms with Crippen molar-refractivity contribution in [1.29, 1.82) is 0 Å². The third kappa shape index (κ3) is 3.47. The lowest BCUT2D eigenvalue weighted by molar-refractivity contribution is -0.151. The Morgan fingerprint density at radius 3 is 3.00 bits per heavy atom. The molecule has 4 nitrogen and oxygen atoms in total. The highest BCUT2D eigenvalue weighted by molar-refractivity contribution is 5.73. The number of hydrogen-bond donors (Lipinski definition) is 1. The fraction of sp³-hybridized carbons (Fsp3) is 0.533. The average molecular weight is 263 g/mol. The topological polar surface area (TPSA) is 61.5 Å². The maximum absolute atomic E-state index is 12.0. The minimum atomic E-state index is -0.115. The molecule has 2 N–H and O–H groups in total. The Kier molecular flexibility index (Phi) is 4.80. The van der Waals surface area contributed by atoms with Crippen LogP contribution in [-0.2, 0) is 16.1 Å². The number of benzene rings is 1. The number of rotatable bonds is 5. The van der Waals surface area contributed by atoms with Crippen LogP contribution >= 0.6 is 0 Å². The zero-order valence-electron chi connectivity index (χ0n) is 11.3. The van der Waals surface area contributed by atoms with Crippen LogP contribution in [0.2, 0.25) is 0 Å². The lowest BCUT2D eigenvalue weighted by atomic mass is 9.96. The molecule has 0 saturated heterocycles. The highest BCUT2D eigenvalue weighted by atomic mass is 16.5. The second kappa shape index (κ2) is 6.57. The zero-order chi connectivity index (χ0) is 13.7. The SMILES string of the molecule is COc1cccc(COC(=O)C2CCCC2CN)c1. The summed E-state index contributed by atoms with van der Waals surface area (Å²) in [5, 5.41) is 0. The Morgan fingerprint density at radius 1 is 1.42 bits per heavy atom. The zero-order valence-corrected chi connectivity index (χ0v) is 11.3. The van der Waals surface area contributed by atoms with E-state index in [2.05, 4.69) is 0 Å². The number of esters is 1. The first-order valence-electron chi connectivity index (χ1n) is 6.74. The van der Waals surface area contributed by atoms with E-state index in [0.29, 0.717) is 13.2 Å². The molecular weight excluding hydrogens is 242 g/mol. The quantitative estimate of drug-likeness (QED) is 0.826. The van der Waals surface area contributed by atoms with Gasteiger partial charge in [-0.05, 0) is 43.0 Å². The molecule has 2 atom stereocenters. The van der Waals surface area contributed by atoms with Crippen molar-refractivity contribution in [3.05, 3.63) is 29.8 Å². The molecule has 0 spiro atoms. The van der Waals surface area contributed by atoms with Crippen molar-refractivity contribution >= 4 is 5.97 Å². The van der Waals surface area contributed by atoms with Gasteiger partial charge in [-0.2, -0.15) is 0 Å². The molecule has 1 aromatic carbocycles. The van der Waals surface area contributed by atoms with Crippen molar-refractivity contribution < 1.29 is 14.3 Å². The standard InChI is InChI=1S/C15H21NO3/c1-18-13-6-2-4-11(8-13)10-19-15(17)14-7-3-5-12(14)9-16/h2,4,6,8,12,14H,3,5,7,9-10,16H2,1H3. The van der Waals surface area contributed by atoms with E-state index in [1.54, 1.807) is 7.11 Å². The molecular formula is C15H21NO3. The summed E-state index contributed by atoms with van der Waals surface area (Å²) in [6.07, 6.45) is 3.01. The van der Waals surface area contributed by atoms with Gasteiger partial charge in [-0.3, -0.25) is 4.79 Å². The van der Waals surface area contributed by atoms with E-state index in [0.717, 1.165) is 30.6 Å². The van der Waals surface area contributed by atoms with E-state index >= 15 is 0 Å². The number of carbonyl (C=O) groups is 1. The smallest absolute Gasteiger partial charge is 0.309 e. The lowest BCUT2D eigenvalue weighted by Crippen LogP contribution is -2.26. The van der Waals surface area contributed by atoms with Gasteiger partial charge in [0, 0.05) is 0 Å². The molecule has 2 unspecified atom stereocenters. The molecule has 0 heterocycles. The molecule has 1 saturated carbocycles. The summed E-state index contributed by atoms with van der Waals surface area (Å²) in [4.78, 5) is 12.0. The van der Waals surface area contributed by atoms with Crippen LogP contribution in [0.25, 0.3) is 0 Å². The molecule has 0 aliphatic heterocycles. The van der Waals surface area contributed by atoms with Crippen molar-refractivity contribution in [2.45, 2.75) is 25.9 Å². The van der Waals surface area contributed by atoms with Crippen LogP contribution in [-0.4, -0.2) is 19.6 Å². The molecule has 1 aliphatic carbocycles. The lowest BCUT2D eigenvalue weighted by Gasteiger charge is -2.16. The monoisotopic (exact) mass is 263 g/mol. The third-order valence-electron chi connectivity index (χ3n) is 3.78. The van der Waals surface area contributed by atoms with E-state index in [1.165, 1.54) is 0 Å². The molecule has 19 heavy (non-hydrogen) atoms. The Balaban J connectivity index is 1.89. The van der Waals surface area contributed by atoms with Crippen LogP contribution in [0.4, 0.5) is 0 Å². The van der Waals surface area contributed by atoms with E-state index in [9.17, 15) is 4.79 Å². The molecule has 0 amide bonds. The van der Waals surface area contributed by atoms with Crippen LogP contribution in [0.5, 0.6) is 5.75 Å². The molecule has 1 aliphatic rings. The molecule has 0 aromatic heterocycles. The van der Waals surface area contributed by atoms with Gasteiger partial charge in [0.15, 0.2) is 0 Å². The first-order chi connectivity index (χ1) is 9.24. The van der Waals surface area contributed by atoms with Gasteiger partial charge >= 0.3 is 5.97 Å². The van der Waals surface area contributed by atoms with Crippen LogP contribution in [0.15, 0.2) is 24.3 Å². The van der Waals surface area contributed by atoms with Gasteiger partial charge in [-0.25, -0.2) is 0 Å². The van der Waals surface area contributed by atoms with Crippen molar-refractivity contribution in [3.8, 4) is 5.75 Å². The van der Waals surface area contributed by atoms with Gasteiger partial charge in [-0.15, -0.1) is 0 Å². The van der Waals surface area contributed by atoms with Crippen LogP contribution in [0, 0.1) is 11.8 Å². The number of nitrogens with two attached hydrogens (primary N) is 1. The number of carbonyl (C=O) groups excluding carboxylic acids is 1. The molecule has 0 bridgehead atoms. The average Bonchev–Trinajstić information content (AvgIpc) is 2.93. The van der Waals surface area contributed by atoms with Crippen molar-refractivity contribution in [1.82, 2.24) is 0 Å². The van der Waals surface area contributed by atoms with Gasteiger partial charge in [-0.1, -0.05) is 18.6 Å². The van der Waals surface area contributed by atoms with E-state index < -0.39 is 0 Å². The molecule has 2 rings (SSSR count). The number of ether oxygens (including phenoxy) is 2. The fourth-order valence-corrected chi connectivity index (χ4v) is 2.65. The molecule has 104 valence electrons. The van der Waals surface area contributed by atoms with E-state index in [-0.39, 0.29) is 17.8 Å². The first kappa shape index (κ1) is 13.9. The normalized spacial score (nSPS) is 22.2. The van der Waals surface area contributed by atoms with E-state index in [4.69, 9.17) is 15.2 Å². The molecule has 1 aromatic rings. The highest BCUT2D eigenvalue weighted by Crippen LogP contribution is 2.32. The molecule has 4 heteroatoms. The summed E-state index contributed by atoms with van der Waals surface area (Å²) in [6, 6.07) is 7.56. The van der Waals surface area contributed by atoms with Gasteiger partial charge in [0.25, 0.3) is 0 Å². The van der Waals surface area contributed by atoms with Gasteiger partial charge < -0.3 is 15.2 Å². The second-order valence-corrected chi connectivity index (χ2v) is 4.99. The summed E-state index contributed by atoms with van der Waals surface area (Å²) in [5.74, 6) is 0.929. The third-order valence-corrected chi connectivity index (χ3v) is 3.78. The van der Waals surface area contributed by atoms with Gasteiger partial charge in [0.05, 0.1) is 13.0 Å². The van der Waals surface area contributed by atoms with Crippen molar-refractivity contribution in [2.24, 2.45) is 17.6 Å². The van der Waals surface area contributed by atoms with Gasteiger partial charge in [0.2, 0.25) is 0 Å². The van der Waals surface area contributed by atoms with Crippen molar-refractivity contribution in [2.75, 3.05) is 13.7 Å². The maximum Gasteiger partial charge on any atom is 0.309 e. The van der Waals surface area contributed by atoms with Crippen LogP contribution in [0.3, 0.4) is 0 Å². The summed E-state index contributed by atoms with van der Waals surface area (Å²) in [5.41, 5.74) is 6.62. The predicted octanol–water partition coefficient (Wildman–Crippen LogP) is 2.11. The molecule has 1 fully saturated rings. The number of hydrogen-bond acceptors (Lipinski definition) is 4. The van der Waals surface area contributed by atoms with Crippen molar-refractivity contribution in [3.63, 3.8) is 0 Å². The molecule has 0 radical (unpaired) electrons. The minimum Gasteiger partial charge on any atom is -0.497 e. The van der Waals surface area contributed by atoms with Crippen LogP contribution in [0.1, 0.15) is 24.8 Å². The maximum atomic E-state index is 12.0. The van der Waals surface area contributed by atoms with Gasteiger partial charge in [0.1, 0.15) is 12.4 Å². The summed E-state index contributed by atoms with van der Waals surface area (Å²) < 4.78 is 10.5. The Morgan fingerprint density at radius 2 is 2.26 bits per heavy atom. The Labute approximate surface area is 113 Å². The summed E-state index contributed by atoms with van der Waals surface area (Å²) >= 11 is 0. The minimum absolute atomic E-state index is 0.0180. The number of methoxy groups -OCH3 is 1. The largest absolute Gasteiger partial charge is 0.497 e. The predicted molar refractivity (Wildman–Crippen MR) is 72.7 cm³/mol. The highest BCUT2D eigenvalue weighted by Gasteiger charge is 2.33. The Bertz CT molecular complexity index is 433.